The molecule has 5 aliphatic rings. The molecule has 0 radical (unpaired) electrons. The number of alkyl halides is 3. The van der Waals surface area contributed by atoms with Crippen LogP contribution in [0.2, 0.25) is 0 Å². The summed E-state index contributed by atoms with van der Waals surface area (Å²) >= 11 is 0. The highest BCUT2D eigenvalue weighted by Crippen LogP contribution is 2.60. The summed E-state index contributed by atoms with van der Waals surface area (Å²) in [6, 6.07) is 0. The molecule has 5 nitrogen and oxygen atoms in total. The smallest absolute Gasteiger partial charge is 0.384 e. The van der Waals surface area contributed by atoms with E-state index in [-0.39, 0.29) is 17.8 Å². The van der Waals surface area contributed by atoms with Gasteiger partial charge in [-0.25, -0.2) is 9.78 Å². The summed E-state index contributed by atoms with van der Waals surface area (Å²) in [5, 5.41) is 9.55. The predicted molar refractivity (Wildman–Crippen MR) is 83.5 cm³/mol. The Morgan fingerprint density at radius 3 is 2.54 bits per heavy atom. The van der Waals surface area contributed by atoms with Crippen molar-refractivity contribution >= 4 is 0 Å². The quantitative estimate of drug-likeness (QED) is 0.743. The molecule has 0 aromatic heterocycles. The van der Waals surface area contributed by atoms with Gasteiger partial charge < -0.3 is 14.6 Å². The molecule has 1 spiro atoms. The molecule has 0 amide bonds. The lowest BCUT2D eigenvalue weighted by atomic mass is 9.57. The SMILES string of the molecule is C[C@H]1[C@@H](C[C@H](O)C(F)(F)F)O[C@@H]2O[C@@]3(C)CC[C@H]4[C@H](C)CC[C@@H]1[C@@]24OO3. The zero-order valence-corrected chi connectivity index (χ0v) is 15.3. The molecule has 4 heterocycles. The maximum absolute atomic E-state index is 12.9. The molecule has 0 unspecified atom stereocenters. The van der Waals surface area contributed by atoms with Crippen LogP contribution in [0.4, 0.5) is 13.2 Å². The summed E-state index contributed by atoms with van der Waals surface area (Å²) in [7, 11) is 0. The molecule has 1 aliphatic carbocycles. The molecule has 2 bridgehead atoms. The molecule has 5 fully saturated rings. The molecule has 8 heteroatoms. The summed E-state index contributed by atoms with van der Waals surface area (Å²) in [5.41, 5.74) is -0.785. The molecule has 26 heavy (non-hydrogen) atoms. The van der Waals surface area contributed by atoms with Gasteiger partial charge in [0.1, 0.15) is 0 Å². The lowest BCUT2D eigenvalue weighted by Crippen LogP contribution is -2.70. The van der Waals surface area contributed by atoms with Gasteiger partial charge in [-0.2, -0.15) is 13.2 Å². The number of halogens is 3. The van der Waals surface area contributed by atoms with Gasteiger partial charge >= 0.3 is 6.18 Å². The average molecular weight is 380 g/mol. The first-order chi connectivity index (χ1) is 12.1. The predicted octanol–water partition coefficient (Wildman–Crippen LogP) is 3.55. The number of hydrogen-bond donors (Lipinski definition) is 1. The third-order valence-electron chi connectivity index (χ3n) is 7.13. The van der Waals surface area contributed by atoms with Gasteiger partial charge in [-0.15, -0.1) is 0 Å². The molecule has 4 aliphatic heterocycles. The molecule has 1 saturated carbocycles. The van der Waals surface area contributed by atoms with Crippen LogP contribution in [0, 0.1) is 23.7 Å². The van der Waals surface area contributed by atoms with Crippen LogP contribution in [-0.2, 0) is 19.2 Å². The van der Waals surface area contributed by atoms with Crippen molar-refractivity contribution in [3.8, 4) is 0 Å². The average Bonchev–Trinajstić information content (AvgIpc) is 2.77. The first kappa shape index (κ1) is 18.9. The fourth-order valence-corrected chi connectivity index (χ4v) is 5.60. The van der Waals surface area contributed by atoms with Crippen molar-refractivity contribution in [2.45, 2.75) is 88.9 Å². The fourth-order valence-electron chi connectivity index (χ4n) is 5.60. The van der Waals surface area contributed by atoms with Crippen molar-refractivity contribution in [1.29, 1.82) is 0 Å². The van der Waals surface area contributed by atoms with E-state index >= 15 is 0 Å². The molecule has 1 N–H and O–H groups in total. The lowest BCUT2D eigenvalue weighted by Gasteiger charge is -2.60. The molecule has 4 saturated heterocycles. The van der Waals surface area contributed by atoms with Crippen molar-refractivity contribution in [3.05, 3.63) is 0 Å². The summed E-state index contributed by atoms with van der Waals surface area (Å²) in [6.45, 7) is 5.84. The summed E-state index contributed by atoms with van der Waals surface area (Å²) in [4.78, 5) is 11.6. The molecule has 0 aromatic rings. The van der Waals surface area contributed by atoms with Crippen molar-refractivity contribution < 1.29 is 37.5 Å². The van der Waals surface area contributed by atoms with E-state index in [0.717, 1.165) is 19.3 Å². The lowest BCUT2D eigenvalue weighted by molar-refractivity contribution is -0.571. The highest BCUT2D eigenvalue weighted by molar-refractivity contribution is 5.10. The summed E-state index contributed by atoms with van der Waals surface area (Å²) < 4.78 is 50.7. The minimum atomic E-state index is -4.66. The second-order valence-electron chi connectivity index (χ2n) is 8.74. The first-order valence-electron chi connectivity index (χ1n) is 9.52. The van der Waals surface area contributed by atoms with Crippen LogP contribution in [0.5, 0.6) is 0 Å². The summed E-state index contributed by atoms with van der Waals surface area (Å²) in [6.07, 6.45) is -5.74. The van der Waals surface area contributed by atoms with Crippen molar-refractivity contribution in [2.75, 3.05) is 0 Å². The number of ether oxygens (including phenoxy) is 2. The number of fused-ring (bicyclic) bond motifs is 2. The van der Waals surface area contributed by atoms with Gasteiger partial charge in [-0.05, 0) is 43.9 Å². The van der Waals surface area contributed by atoms with Gasteiger partial charge in [0.2, 0.25) is 5.79 Å². The maximum atomic E-state index is 12.9. The molecule has 9 atom stereocenters. The minimum Gasteiger partial charge on any atom is -0.384 e. The van der Waals surface area contributed by atoms with Gasteiger partial charge in [0.25, 0.3) is 0 Å². The number of rotatable bonds is 2. The van der Waals surface area contributed by atoms with Gasteiger partial charge in [-0.1, -0.05) is 13.8 Å². The van der Waals surface area contributed by atoms with Crippen LogP contribution in [0.3, 0.4) is 0 Å². The Morgan fingerprint density at radius 2 is 1.85 bits per heavy atom. The van der Waals surface area contributed by atoms with E-state index in [9.17, 15) is 18.3 Å². The van der Waals surface area contributed by atoms with E-state index in [0.29, 0.717) is 12.3 Å². The Hall–Kier alpha value is -0.410. The van der Waals surface area contributed by atoms with Crippen molar-refractivity contribution in [1.82, 2.24) is 0 Å². The molecular weight excluding hydrogens is 353 g/mol. The zero-order valence-electron chi connectivity index (χ0n) is 15.3. The number of aliphatic hydroxyl groups is 1. The highest BCUT2D eigenvalue weighted by atomic mass is 19.4. The van der Waals surface area contributed by atoms with Crippen LogP contribution in [0.15, 0.2) is 0 Å². The van der Waals surface area contributed by atoms with Crippen LogP contribution in [0.25, 0.3) is 0 Å². The van der Waals surface area contributed by atoms with E-state index in [4.69, 9.17) is 19.2 Å². The largest absolute Gasteiger partial charge is 0.414 e. The monoisotopic (exact) mass is 380 g/mol. The summed E-state index contributed by atoms with van der Waals surface area (Å²) in [5.74, 6) is -0.616. The van der Waals surface area contributed by atoms with Crippen molar-refractivity contribution in [3.63, 3.8) is 0 Å². The third-order valence-corrected chi connectivity index (χ3v) is 7.13. The van der Waals surface area contributed by atoms with Gasteiger partial charge in [0.05, 0.1) is 6.10 Å². The van der Waals surface area contributed by atoms with E-state index in [2.05, 4.69) is 6.92 Å². The molecule has 0 aromatic carbocycles. The standard InChI is InChI=1S/C18H27F3O5/c1-9-4-5-12-10(2)13(8-14(22)18(19,20)21)23-15-17(12)11(9)6-7-16(3,24-15)25-26-17/h9-15,22H,4-8H2,1-3H3/t9-,10-,11+,12+,13-,14+,15-,16-,17-/m1/s1. The zero-order chi connectivity index (χ0) is 18.9. The topological polar surface area (TPSA) is 57.2 Å². The van der Waals surface area contributed by atoms with E-state index in [1.807, 2.05) is 6.92 Å². The Bertz CT molecular complexity index is 557. The number of aliphatic hydroxyl groups excluding tert-OH is 1. The molecule has 150 valence electrons. The van der Waals surface area contributed by atoms with E-state index in [1.54, 1.807) is 6.92 Å². The second-order valence-corrected chi connectivity index (χ2v) is 8.74. The van der Waals surface area contributed by atoms with Crippen LogP contribution < -0.4 is 0 Å². The van der Waals surface area contributed by atoms with Crippen molar-refractivity contribution in [2.24, 2.45) is 23.7 Å². The van der Waals surface area contributed by atoms with Gasteiger partial charge in [0, 0.05) is 18.8 Å². The second kappa shape index (κ2) is 6.04. The maximum Gasteiger partial charge on any atom is 0.414 e. The fraction of sp³-hybridized carbons (Fsp3) is 1.00. The minimum absolute atomic E-state index is 0.0319. The van der Waals surface area contributed by atoms with E-state index < -0.39 is 42.5 Å². The van der Waals surface area contributed by atoms with Crippen LogP contribution in [-0.4, -0.2) is 41.2 Å². The number of hydrogen-bond acceptors (Lipinski definition) is 5. The third kappa shape index (κ3) is 2.71. The molecule has 5 rings (SSSR count). The van der Waals surface area contributed by atoms with Gasteiger partial charge in [-0.3, -0.25) is 0 Å². The Labute approximate surface area is 151 Å². The Kier molecular flexibility index (Phi) is 4.40. The normalized spacial score (nSPS) is 52.3. The highest BCUT2D eigenvalue weighted by Gasteiger charge is 2.69. The Morgan fingerprint density at radius 1 is 1.12 bits per heavy atom. The van der Waals surface area contributed by atoms with Crippen LogP contribution >= 0.6 is 0 Å². The first-order valence-corrected chi connectivity index (χ1v) is 9.52. The molecular formula is C18H27F3O5. The van der Waals surface area contributed by atoms with E-state index in [1.165, 1.54) is 0 Å². The van der Waals surface area contributed by atoms with Crippen LogP contribution in [0.1, 0.15) is 52.9 Å². The Balaban J connectivity index is 1.66. The van der Waals surface area contributed by atoms with Gasteiger partial charge in [0.15, 0.2) is 18.0 Å².